The highest BCUT2D eigenvalue weighted by atomic mass is 35.5. The van der Waals surface area contributed by atoms with Crippen molar-refractivity contribution in [3.63, 3.8) is 0 Å². The van der Waals surface area contributed by atoms with Crippen LogP contribution < -0.4 is 0 Å². The molecule has 1 N–H and O–H groups in total. The molecule has 3 aliphatic heterocycles. The lowest BCUT2D eigenvalue weighted by Gasteiger charge is -2.61. The largest absolute Gasteiger partial charge is 0.392 e. The first-order valence-corrected chi connectivity index (χ1v) is 9.94. The van der Waals surface area contributed by atoms with Crippen LogP contribution in [0.1, 0.15) is 25.8 Å². The summed E-state index contributed by atoms with van der Waals surface area (Å²) in [6.07, 6.45) is 0.505. The van der Waals surface area contributed by atoms with Crippen molar-refractivity contribution in [2.24, 2.45) is 5.92 Å². The number of likely N-dealkylation sites (tertiary alicyclic amines) is 1. The van der Waals surface area contributed by atoms with E-state index in [4.69, 9.17) is 11.6 Å². The van der Waals surface area contributed by atoms with Crippen LogP contribution in [-0.2, 0) is 11.3 Å². The van der Waals surface area contributed by atoms with Crippen molar-refractivity contribution in [2.45, 2.75) is 44.5 Å². The zero-order valence-corrected chi connectivity index (χ0v) is 16.3. The quantitative estimate of drug-likeness (QED) is 0.873. The molecule has 2 unspecified atom stereocenters. The third kappa shape index (κ3) is 3.26. The highest BCUT2D eigenvalue weighted by molar-refractivity contribution is 6.30. The molecule has 1 aromatic rings. The number of fused-ring (bicyclic) bond motifs is 2. The highest BCUT2D eigenvalue weighted by Crippen LogP contribution is 2.39. The highest BCUT2D eigenvalue weighted by Gasteiger charge is 2.56. The standard InChI is InChI=1S/C20H28ClN3O2/c1-14(2)19(26)23-9-17-7-18(25)10-24(17)20(13-23)11-22(12-20)8-15-4-3-5-16(21)6-15/h3-6,14,17-18,25H,7-13H2,1-2H3. The fraction of sp³-hybridized carbons (Fsp3) is 0.650. The Morgan fingerprint density at radius 3 is 2.77 bits per heavy atom. The number of hydrogen-bond donors (Lipinski definition) is 1. The van der Waals surface area contributed by atoms with E-state index in [9.17, 15) is 9.90 Å². The molecule has 1 aromatic carbocycles. The molecule has 26 heavy (non-hydrogen) atoms. The topological polar surface area (TPSA) is 47.0 Å². The molecule has 3 fully saturated rings. The van der Waals surface area contributed by atoms with E-state index in [1.54, 1.807) is 0 Å². The van der Waals surface area contributed by atoms with Gasteiger partial charge in [-0.15, -0.1) is 0 Å². The number of halogens is 1. The minimum Gasteiger partial charge on any atom is -0.392 e. The zero-order chi connectivity index (χ0) is 18.5. The van der Waals surface area contributed by atoms with Crippen molar-refractivity contribution in [1.29, 1.82) is 0 Å². The number of piperazine rings is 1. The minimum absolute atomic E-state index is 0.0104. The fourth-order valence-corrected chi connectivity index (χ4v) is 5.23. The molecule has 0 bridgehead atoms. The van der Waals surface area contributed by atoms with Crippen molar-refractivity contribution < 1.29 is 9.90 Å². The van der Waals surface area contributed by atoms with Crippen LogP contribution >= 0.6 is 11.6 Å². The van der Waals surface area contributed by atoms with Gasteiger partial charge in [0.1, 0.15) is 0 Å². The van der Waals surface area contributed by atoms with Crippen LogP contribution in [0.25, 0.3) is 0 Å². The smallest absolute Gasteiger partial charge is 0.225 e. The van der Waals surface area contributed by atoms with Gasteiger partial charge in [-0.05, 0) is 24.1 Å². The van der Waals surface area contributed by atoms with Crippen LogP contribution in [0.4, 0.5) is 0 Å². The van der Waals surface area contributed by atoms with Gasteiger partial charge in [-0.2, -0.15) is 0 Å². The second-order valence-corrected chi connectivity index (χ2v) is 9.01. The number of benzene rings is 1. The molecule has 0 aromatic heterocycles. The Bertz CT molecular complexity index is 689. The van der Waals surface area contributed by atoms with E-state index in [1.807, 2.05) is 36.9 Å². The number of aliphatic hydroxyl groups excluding tert-OH is 1. The first-order valence-electron chi connectivity index (χ1n) is 9.57. The van der Waals surface area contributed by atoms with E-state index in [-0.39, 0.29) is 29.5 Å². The number of β-amino-alcohol motifs (C(OH)–C–C–N with tert-alkyl or cyclic N) is 1. The SMILES string of the molecule is CC(C)C(=O)N1CC2CC(O)CN2C2(CN(Cc3cccc(Cl)c3)C2)C1. The molecule has 5 nitrogen and oxygen atoms in total. The van der Waals surface area contributed by atoms with E-state index < -0.39 is 0 Å². The Morgan fingerprint density at radius 2 is 2.08 bits per heavy atom. The van der Waals surface area contributed by atoms with Gasteiger partial charge in [-0.1, -0.05) is 37.6 Å². The molecule has 0 aliphatic carbocycles. The van der Waals surface area contributed by atoms with Gasteiger partial charge in [0.15, 0.2) is 0 Å². The van der Waals surface area contributed by atoms with Crippen LogP contribution in [0.15, 0.2) is 24.3 Å². The van der Waals surface area contributed by atoms with Crippen molar-refractivity contribution in [2.75, 3.05) is 32.7 Å². The summed E-state index contributed by atoms with van der Waals surface area (Å²) in [5.41, 5.74) is 1.21. The molecule has 1 spiro atoms. The predicted molar refractivity (Wildman–Crippen MR) is 102 cm³/mol. The molecule has 3 aliphatic rings. The van der Waals surface area contributed by atoms with Crippen LogP contribution in [0.3, 0.4) is 0 Å². The Kier molecular flexibility index (Phi) is 4.76. The predicted octanol–water partition coefficient (Wildman–Crippen LogP) is 1.83. The molecule has 2 atom stereocenters. The lowest BCUT2D eigenvalue weighted by Crippen LogP contribution is -2.78. The molecule has 4 rings (SSSR count). The summed E-state index contributed by atoms with van der Waals surface area (Å²) in [6.45, 7) is 8.95. The maximum absolute atomic E-state index is 12.6. The first-order chi connectivity index (χ1) is 12.4. The van der Waals surface area contributed by atoms with Gasteiger partial charge in [0.25, 0.3) is 0 Å². The van der Waals surface area contributed by atoms with Crippen molar-refractivity contribution in [1.82, 2.24) is 14.7 Å². The third-order valence-corrected chi connectivity index (χ3v) is 6.29. The van der Waals surface area contributed by atoms with Crippen LogP contribution in [0.2, 0.25) is 5.02 Å². The molecule has 3 heterocycles. The molecule has 0 saturated carbocycles. The van der Waals surface area contributed by atoms with E-state index in [2.05, 4.69) is 15.9 Å². The van der Waals surface area contributed by atoms with Gasteiger partial charge in [0.05, 0.1) is 11.6 Å². The number of hydrogen-bond acceptors (Lipinski definition) is 4. The Labute approximate surface area is 160 Å². The van der Waals surface area contributed by atoms with Crippen molar-refractivity contribution in [3.05, 3.63) is 34.9 Å². The summed E-state index contributed by atoms with van der Waals surface area (Å²) in [5, 5.41) is 11.0. The Balaban J connectivity index is 1.48. The molecule has 0 radical (unpaired) electrons. The number of carbonyl (C=O) groups is 1. The molecule has 1 amide bonds. The molecular weight excluding hydrogens is 350 g/mol. The van der Waals surface area contributed by atoms with Crippen LogP contribution in [-0.4, -0.2) is 76.1 Å². The number of amides is 1. The second-order valence-electron chi connectivity index (χ2n) is 8.57. The number of nitrogens with zero attached hydrogens (tertiary/aromatic N) is 3. The summed E-state index contributed by atoms with van der Waals surface area (Å²) in [5.74, 6) is 0.256. The summed E-state index contributed by atoms with van der Waals surface area (Å²) in [7, 11) is 0. The Hall–Kier alpha value is -1.14. The number of aliphatic hydroxyl groups is 1. The third-order valence-electron chi connectivity index (χ3n) is 6.05. The van der Waals surface area contributed by atoms with Crippen molar-refractivity contribution in [3.8, 4) is 0 Å². The monoisotopic (exact) mass is 377 g/mol. The maximum atomic E-state index is 12.6. The van der Waals surface area contributed by atoms with E-state index >= 15 is 0 Å². The second kappa shape index (κ2) is 6.79. The Morgan fingerprint density at radius 1 is 1.31 bits per heavy atom. The minimum atomic E-state index is -0.270. The van der Waals surface area contributed by atoms with E-state index in [1.165, 1.54) is 5.56 Å². The maximum Gasteiger partial charge on any atom is 0.225 e. The lowest BCUT2D eigenvalue weighted by atomic mass is 9.83. The molecule has 6 heteroatoms. The van der Waals surface area contributed by atoms with Crippen LogP contribution in [0.5, 0.6) is 0 Å². The van der Waals surface area contributed by atoms with Crippen LogP contribution in [0, 0.1) is 5.92 Å². The zero-order valence-electron chi connectivity index (χ0n) is 15.6. The summed E-state index contributed by atoms with van der Waals surface area (Å²) < 4.78 is 0. The van der Waals surface area contributed by atoms with Gasteiger partial charge in [-0.3, -0.25) is 14.6 Å². The summed E-state index contributed by atoms with van der Waals surface area (Å²) in [4.78, 5) is 19.6. The summed E-state index contributed by atoms with van der Waals surface area (Å²) in [6, 6.07) is 8.30. The average Bonchev–Trinajstić information content (AvgIpc) is 2.93. The average molecular weight is 378 g/mol. The number of rotatable bonds is 3. The molecular formula is C20H28ClN3O2. The lowest BCUT2D eigenvalue weighted by molar-refractivity contribution is -0.153. The van der Waals surface area contributed by atoms with Crippen molar-refractivity contribution >= 4 is 17.5 Å². The van der Waals surface area contributed by atoms with Gasteiger partial charge in [0, 0.05) is 56.3 Å². The van der Waals surface area contributed by atoms with E-state index in [0.717, 1.165) is 50.7 Å². The van der Waals surface area contributed by atoms with Gasteiger partial charge in [0.2, 0.25) is 5.91 Å². The summed E-state index contributed by atoms with van der Waals surface area (Å²) >= 11 is 6.11. The molecule has 3 saturated heterocycles. The molecule has 142 valence electrons. The van der Waals surface area contributed by atoms with Gasteiger partial charge >= 0.3 is 0 Å². The normalized spacial score (nSPS) is 28.4. The van der Waals surface area contributed by atoms with Gasteiger partial charge < -0.3 is 10.0 Å². The fourth-order valence-electron chi connectivity index (χ4n) is 5.02. The van der Waals surface area contributed by atoms with Gasteiger partial charge in [-0.25, -0.2) is 0 Å². The van der Waals surface area contributed by atoms with E-state index in [0.29, 0.717) is 0 Å². The first kappa shape index (κ1) is 18.2. The number of carbonyl (C=O) groups excluding carboxylic acids is 1.